The Bertz CT molecular complexity index is 622. The molecule has 0 spiro atoms. The van der Waals surface area contributed by atoms with Crippen LogP contribution in [-0.2, 0) is 6.18 Å². The number of aromatic carboxylic acids is 1. The molecule has 9 heteroatoms. The third-order valence-electron chi connectivity index (χ3n) is 2.21. The molecule has 1 aromatic heterocycles. The van der Waals surface area contributed by atoms with E-state index in [4.69, 9.17) is 5.11 Å². The smallest absolute Gasteiger partial charge is 0.437 e. The molecule has 0 aliphatic heterocycles. The lowest BCUT2D eigenvalue weighted by molar-refractivity contribution is -0.141. The van der Waals surface area contributed by atoms with Gasteiger partial charge in [0.2, 0.25) is 5.69 Å². The van der Waals surface area contributed by atoms with Crippen molar-refractivity contribution in [1.82, 2.24) is 15.0 Å². The minimum atomic E-state index is -4.87. The largest absolute Gasteiger partial charge is 0.476 e. The Kier molecular flexibility index (Phi) is 3.31. The molecule has 0 unspecified atom stereocenters. The number of halogens is 4. The van der Waals surface area contributed by atoms with E-state index in [1.807, 2.05) is 0 Å². The van der Waals surface area contributed by atoms with Crippen molar-refractivity contribution in [2.75, 3.05) is 0 Å². The summed E-state index contributed by atoms with van der Waals surface area (Å²) in [5.74, 6) is -1.75. The van der Waals surface area contributed by atoms with E-state index < -0.39 is 23.5 Å². The molecule has 1 heterocycles. The van der Waals surface area contributed by atoms with Crippen molar-refractivity contribution in [1.29, 1.82) is 0 Å². The van der Waals surface area contributed by atoms with Crippen LogP contribution in [-0.4, -0.2) is 26.1 Å². The van der Waals surface area contributed by atoms with Crippen LogP contribution in [0.3, 0.4) is 0 Å². The van der Waals surface area contributed by atoms with Crippen LogP contribution in [0.1, 0.15) is 16.2 Å². The number of rotatable bonds is 2. The third kappa shape index (κ3) is 2.60. The first-order chi connectivity index (χ1) is 8.80. The van der Waals surface area contributed by atoms with Crippen LogP contribution < -0.4 is 0 Å². The summed E-state index contributed by atoms with van der Waals surface area (Å²) < 4.78 is 39.2. The van der Waals surface area contributed by atoms with Crippen LogP contribution in [0.2, 0.25) is 0 Å². The van der Waals surface area contributed by atoms with E-state index >= 15 is 0 Å². The summed E-state index contributed by atoms with van der Waals surface area (Å²) in [6.07, 6.45) is -4.87. The van der Waals surface area contributed by atoms with Gasteiger partial charge in [-0.25, -0.2) is 9.48 Å². The monoisotopic (exact) mass is 335 g/mol. The highest BCUT2D eigenvalue weighted by Gasteiger charge is 2.41. The number of carboxylic acid groups (broad SMARTS) is 1. The molecule has 0 amide bonds. The van der Waals surface area contributed by atoms with Crippen molar-refractivity contribution in [3.63, 3.8) is 0 Å². The summed E-state index contributed by atoms with van der Waals surface area (Å²) in [7, 11) is 0. The first-order valence-corrected chi connectivity index (χ1v) is 5.62. The lowest BCUT2D eigenvalue weighted by Crippen LogP contribution is -2.15. The number of hydrogen-bond donors (Lipinski definition) is 1. The Labute approximate surface area is 112 Å². The maximum absolute atomic E-state index is 12.6. The van der Waals surface area contributed by atoms with Crippen molar-refractivity contribution in [2.45, 2.75) is 6.18 Å². The Hall–Kier alpha value is -1.90. The van der Waals surface area contributed by atoms with E-state index in [0.29, 0.717) is 9.15 Å². The first-order valence-electron chi connectivity index (χ1n) is 4.83. The zero-order valence-electron chi connectivity index (χ0n) is 9.02. The average Bonchev–Trinajstić information content (AvgIpc) is 2.74. The predicted molar refractivity (Wildman–Crippen MR) is 61.0 cm³/mol. The molecule has 5 nitrogen and oxygen atoms in total. The highest BCUT2D eigenvalue weighted by Crippen LogP contribution is 2.31. The summed E-state index contributed by atoms with van der Waals surface area (Å²) >= 11 is 3.16. The highest BCUT2D eigenvalue weighted by atomic mass is 79.9. The molecule has 0 radical (unpaired) electrons. The second-order valence-electron chi connectivity index (χ2n) is 3.48. The molecule has 1 N–H and O–H groups in total. The molecule has 2 aromatic rings. The van der Waals surface area contributed by atoms with Crippen LogP contribution in [0.5, 0.6) is 0 Å². The normalized spacial score (nSPS) is 11.6. The second-order valence-corrected chi connectivity index (χ2v) is 4.39. The van der Waals surface area contributed by atoms with Crippen molar-refractivity contribution >= 4 is 21.9 Å². The number of alkyl halides is 3. The molecule has 19 heavy (non-hydrogen) atoms. The van der Waals surface area contributed by atoms with E-state index in [1.165, 1.54) is 12.1 Å². The molecule has 0 saturated heterocycles. The topological polar surface area (TPSA) is 68.0 Å². The summed E-state index contributed by atoms with van der Waals surface area (Å²) in [5.41, 5.74) is -2.37. The fraction of sp³-hybridized carbons (Fsp3) is 0.100. The van der Waals surface area contributed by atoms with Gasteiger partial charge in [0, 0.05) is 4.47 Å². The lowest BCUT2D eigenvalue weighted by atomic mass is 10.2. The Morgan fingerprint density at radius 3 is 2.32 bits per heavy atom. The maximum Gasteiger partial charge on any atom is 0.437 e. The molecular formula is C10H5BrF3N3O2. The quantitative estimate of drug-likeness (QED) is 0.916. The third-order valence-corrected chi connectivity index (χ3v) is 2.74. The van der Waals surface area contributed by atoms with Crippen molar-refractivity contribution < 1.29 is 23.1 Å². The van der Waals surface area contributed by atoms with E-state index in [-0.39, 0.29) is 5.69 Å². The molecule has 0 saturated carbocycles. The molecule has 0 bridgehead atoms. The Morgan fingerprint density at radius 1 is 1.26 bits per heavy atom. The number of carboxylic acids is 1. The molecule has 1 aromatic carbocycles. The fourth-order valence-corrected chi connectivity index (χ4v) is 1.69. The van der Waals surface area contributed by atoms with Gasteiger partial charge in [-0.3, -0.25) is 0 Å². The standard InChI is InChI=1S/C10H5BrF3N3O2/c11-5-1-3-6(4-2-5)17-7(9(18)19)8(15-16-17)10(12,13)14/h1-4H,(H,18,19). The minimum Gasteiger partial charge on any atom is -0.476 e. The summed E-state index contributed by atoms with van der Waals surface area (Å²) in [6.45, 7) is 0. The number of benzene rings is 1. The van der Waals surface area contributed by atoms with Gasteiger partial charge in [0.25, 0.3) is 0 Å². The number of aromatic nitrogens is 3. The van der Waals surface area contributed by atoms with E-state index in [9.17, 15) is 18.0 Å². The van der Waals surface area contributed by atoms with Gasteiger partial charge in [-0.15, -0.1) is 5.10 Å². The van der Waals surface area contributed by atoms with Crippen molar-refractivity contribution in [3.8, 4) is 5.69 Å². The summed E-state index contributed by atoms with van der Waals surface area (Å²) in [5, 5.41) is 15.1. The maximum atomic E-state index is 12.6. The lowest BCUT2D eigenvalue weighted by Gasteiger charge is -2.06. The van der Waals surface area contributed by atoms with Gasteiger partial charge in [0.15, 0.2) is 5.69 Å². The van der Waals surface area contributed by atoms with Crippen molar-refractivity contribution in [2.24, 2.45) is 0 Å². The molecule has 0 fully saturated rings. The van der Waals surface area contributed by atoms with Gasteiger partial charge >= 0.3 is 12.1 Å². The molecule has 100 valence electrons. The van der Waals surface area contributed by atoms with Crippen LogP contribution in [0.15, 0.2) is 28.7 Å². The number of carbonyl (C=O) groups is 1. The van der Waals surface area contributed by atoms with Crippen molar-refractivity contribution in [3.05, 3.63) is 40.1 Å². The second kappa shape index (κ2) is 4.65. The summed E-state index contributed by atoms with van der Waals surface area (Å²) in [6, 6.07) is 5.95. The van der Waals surface area contributed by atoms with Gasteiger partial charge < -0.3 is 5.11 Å². The zero-order valence-corrected chi connectivity index (χ0v) is 10.6. The Balaban J connectivity index is 2.62. The average molecular weight is 336 g/mol. The van der Waals surface area contributed by atoms with Crippen LogP contribution in [0, 0.1) is 0 Å². The van der Waals surface area contributed by atoms with Gasteiger partial charge in [-0.2, -0.15) is 13.2 Å². The van der Waals surface area contributed by atoms with E-state index in [0.717, 1.165) is 0 Å². The van der Waals surface area contributed by atoms with Gasteiger partial charge in [-0.1, -0.05) is 21.1 Å². The predicted octanol–water partition coefficient (Wildman–Crippen LogP) is 2.75. The van der Waals surface area contributed by atoms with Crippen LogP contribution in [0.25, 0.3) is 5.69 Å². The van der Waals surface area contributed by atoms with Gasteiger partial charge in [-0.05, 0) is 24.3 Å². The summed E-state index contributed by atoms with van der Waals surface area (Å²) in [4.78, 5) is 11.0. The van der Waals surface area contributed by atoms with Gasteiger partial charge in [0.1, 0.15) is 0 Å². The number of hydrogen-bond acceptors (Lipinski definition) is 3. The van der Waals surface area contributed by atoms with Gasteiger partial charge in [0.05, 0.1) is 5.69 Å². The van der Waals surface area contributed by atoms with E-state index in [1.54, 1.807) is 12.1 Å². The fourth-order valence-electron chi connectivity index (χ4n) is 1.43. The molecule has 0 aliphatic carbocycles. The molecule has 2 rings (SSSR count). The molecule has 0 aliphatic rings. The van der Waals surface area contributed by atoms with Crippen LogP contribution in [0.4, 0.5) is 13.2 Å². The van der Waals surface area contributed by atoms with E-state index in [2.05, 4.69) is 26.2 Å². The molecule has 0 atom stereocenters. The minimum absolute atomic E-state index is 0.170. The van der Waals surface area contributed by atoms with Crippen LogP contribution >= 0.6 is 15.9 Å². The molecular weight excluding hydrogens is 331 g/mol. The SMILES string of the molecule is O=C(O)c1c(C(F)(F)F)nnn1-c1ccc(Br)cc1. The highest BCUT2D eigenvalue weighted by molar-refractivity contribution is 9.10. The first kappa shape index (κ1) is 13.5. The Morgan fingerprint density at radius 2 is 1.84 bits per heavy atom. The zero-order chi connectivity index (χ0) is 14.2. The number of nitrogens with zero attached hydrogens (tertiary/aromatic N) is 3.